The highest BCUT2D eigenvalue weighted by Crippen LogP contribution is 2.34. The van der Waals surface area contributed by atoms with E-state index in [0.717, 1.165) is 24.0 Å². The van der Waals surface area contributed by atoms with Crippen LogP contribution in [0.15, 0.2) is 53.5 Å². The van der Waals surface area contributed by atoms with Crippen LogP contribution in [0.5, 0.6) is 0 Å². The van der Waals surface area contributed by atoms with Crippen LogP contribution in [0.2, 0.25) is 0 Å². The summed E-state index contributed by atoms with van der Waals surface area (Å²) < 4.78 is 32.3. The zero-order valence-electron chi connectivity index (χ0n) is 15.5. The van der Waals surface area contributed by atoms with Gasteiger partial charge in [0.05, 0.1) is 0 Å². The van der Waals surface area contributed by atoms with Crippen molar-refractivity contribution in [1.82, 2.24) is 10.6 Å². The molecule has 0 spiro atoms. The maximum atomic E-state index is 13.8. The summed E-state index contributed by atoms with van der Waals surface area (Å²) in [5.41, 5.74) is 1.74. The first-order valence-electron chi connectivity index (χ1n) is 9.14. The number of nitrogens with one attached hydrogen (secondary N) is 2. The molecule has 0 unspecified atom stereocenters. The van der Waals surface area contributed by atoms with E-state index in [1.807, 2.05) is 6.07 Å². The molecular formula is C21H25F2N3O. The van der Waals surface area contributed by atoms with Crippen LogP contribution in [-0.2, 0) is 16.7 Å². The van der Waals surface area contributed by atoms with Crippen molar-refractivity contribution in [2.24, 2.45) is 4.99 Å². The molecule has 0 amide bonds. The summed E-state index contributed by atoms with van der Waals surface area (Å²) >= 11 is 0. The van der Waals surface area contributed by atoms with Gasteiger partial charge in [-0.1, -0.05) is 24.3 Å². The van der Waals surface area contributed by atoms with Crippen molar-refractivity contribution in [1.29, 1.82) is 0 Å². The highest BCUT2D eigenvalue weighted by molar-refractivity contribution is 5.79. The molecule has 0 aliphatic carbocycles. The minimum Gasteiger partial charge on any atom is -0.381 e. The van der Waals surface area contributed by atoms with Gasteiger partial charge in [-0.05, 0) is 48.2 Å². The Bertz CT molecular complexity index is 771. The van der Waals surface area contributed by atoms with Gasteiger partial charge in [0.15, 0.2) is 5.96 Å². The van der Waals surface area contributed by atoms with Crippen LogP contribution >= 0.6 is 0 Å². The first-order chi connectivity index (χ1) is 13.1. The van der Waals surface area contributed by atoms with Gasteiger partial charge in [0.1, 0.15) is 11.6 Å². The van der Waals surface area contributed by atoms with Gasteiger partial charge in [0.2, 0.25) is 0 Å². The van der Waals surface area contributed by atoms with Gasteiger partial charge in [-0.3, -0.25) is 4.99 Å². The van der Waals surface area contributed by atoms with E-state index in [1.54, 1.807) is 31.3 Å². The third-order valence-corrected chi connectivity index (χ3v) is 5.08. The Balaban J connectivity index is 1.65. The second kappa shape index (κ2) is 8.95. The number of ether oxygens (including phenoxy) is 1. The van der Waals surface area contributed by atoms with Gasteiger partial charge in [-0.15, -0.1) is 0 Å². The molecule has 1 aliphatic rings. The average Bonchev–Trinajstić information content (AvgIpc) is 2.70. The summed E-state index contributed by atoms with van der Waals surface area (Å²) in [4.78, 5) is 4.26. The van der Waals surface area contributed by atoms with Gasteiger partial charge >= 0.3 is 0 Å². The minimum absolute atomic E-state index is 0.201. The molecule has 27 heavy (non-hydrogen) atoms. The van der Waals surface area contributed by atoms with E-state index in [9.17, 15) is 8.78 Å². The van der Waals surface area contributed by atoms with Gasteiger partial charge in [0.25, 0.3) is 0 Å². The summed E-state index contributed by atoms with van der Waals surface area (Å²) in [7, 11) is 1.71. The van der Waals surface area contributed by atoms with Crippen LogP contribution in [0.4, 0.5) is 8.78 Å². The standard InChI is InChI=1S/C21H25F2N3O/c1-24-20(25-14-16-5-7-18(22)8-6-16)26-15-21(9-11-27-12-10-21)17-3-2-4-19(23)13-17/h2-8,13H,9-12,14-15H2,1H3,(H2,24,25,26). The highest BCUT2D eigenvalue weighted by Gasteiger charge is 2.34. The zero-order valence-corrected chi connectivity index (χ0v) is 15.5. The fraction of sp³-hybridized carbons (Fsp3) is 0.381. The quantitative estimate of drug-likeness (QED) is 0.624. The second-order valence-electron chi connectivity index (χ2n) is 6.81. The molecule has 0 bridgehead atoms. The molecule has 1 saturated heterocycles. The first kappa shape index (κ1) is 19.3. The summed E-state index contributed by atoms with van der Waals surface area (Å²) in [5, 5.41) is 6.60. The lowest BCUT2D eigenvalue weighted by Crippen LogP contribution is -2.48. The van der Waals surface area contributed by atoms with E-state index in [4.69, 9.17) is 4.74 Å². The van der Waals surface area contributed by atoms with Crippen LogP contribution in [0.25, 0.3) is 0 Å². The molecule has 0 radical (unpaired) electrons. The number of benzene rings is 2. The van der Waals surface area contributed by atoms with E-state index in [0.29, 0.717) is 32.3 Å². The molecule has 0 aromatic heterocycles. The molecule has 2 aromatic rings. The Morgan fingerprint density at radius 3 is 2.44 bits per heavy atom. The fourth-order valence-electron chi connectivity index (χ4n) is 3.41. The Morgan fingerprint density at radius 1 is 1.04 bits per heavy atom. The highest BCUT2D eigenvalue weighted by atomic mass is 19.1. The molecule has 1 aliphatic heterocycles. The molecule has 2 aromatic carbocycles. The molecule has 0 saturated carbocycles. The number of hydrogen-bond acceptors (Lipinski definition) is 2. The van der Waals surface area contributed by atoms with Crippen LogP contribution in [0.1, 0.15) is 24.0 Å². The Labute approximate surface area is 158 Å². The van der Waals surface area contributed by atoms with E-state index in [2.05, 4.69) is 15.6 Å². The molecule has 1 fully saturated rings. The molecule has 1 heterocycles. The largest absolute Gasteiger partial charge is 0.381 e. The number of halogens is 2. The van der Waals surface area contributed by atoms with Gasteiger partial charge in [-0.2, -0.15) is 0 Å². The van der Waals surface area contributed by atoms with E-state index in [1.165, 1.54) is 18.2 Å². The van der Waals surface area contributed by atoms with E-state index in [-0.39, 0.29) is 17.0 Å². The lowest BCUT2D eigenvalue weighted by molar-refractivity contribution is 0.0513. The van der Waals surface area contributed by atoms with Gasteiger partial charge in [-0.25, -0.2) is 8.78 Å². The maximum absolute atomic E-state index is 13.8. The Kier molecular flexibility index (Phi) is 6.40. The number of nitrogens with zero attached hydrogens (tertiary/aromatic N) is 1. The summed E-state index contributed by atoms with van der Waals surface area (Å²) in [5.74, 6) is 0.177. The number of aliphatic imine (C=N–C) groups is 1. The number of rotatable bonds is 5. The third-order valence-electron chi connectivity index (χ3n) is 5.08. The molecule has 6 heteroatoms. The van der Waals surface area contributed by atoms with Crippen molar-refractivity contribution in [3.05, 3.63) is 71.3 Å². The molecular weight excluding hydrogens is 348 g/mol. The minimum atomic E-state index is -0.252. The van der Waals surface area contributed by atoms with Crippen LogP contribution in [-0.4, -0.2) is 32.8 Å². The van der Waals surface area contributed by atoms with Crippen molar-refractivity contribution in [2.45, 2.75) is 24.8 Å². The van der Waals surface area contributed by atoms with Gasteiger partial charge in [0, 0.05) is 38.8 Å². The monoisotopic (exact) mass is 373 g/mol. The van der Waals surface area contributed by atoms with Crippen molar-refractivity contribution in [3.63, 3.8) is 0 Å². The number of hydrogen-bond donors (Lipinski definition) is 2. The van der Waals surface area contributed by atoms with Crippen molar-refractivity contribution in [2.75, 3.05) is 26.8 Å². The summed E-state index contributed by atoms with van der Waals surface area (Å²) in [6, 6.07) is 13.2. The predicted octanol–water partition coefficient (Wildman–Crippen LogP) is 3.38. The van der Waals surface area contributed by atoms with E-state index >= 15 is 0 Å². The number of guanidine groups is 1. The lowest BCUT2D eigenvalue weighted by atomic mass is 9.74. The SMILES string of the molecule is CN=C(NCc1ccc(F)cc1)NCC1(c2cccc(F)c2)CCOCC1. The second-order valence-corrected chi connectivity index (χ2v) is 6.81. The topological polar surface area (TPSA) is 45.7 Å². The Hall–Kier alpha value is -2.47. The molecule has 0 atom stereocenters. The van der Waals surface area contributed by atoms with Crippen LogP contribution < -0.4 is 10.6 Å². The van der Waals surface area contributed by atoms with Crippen LogP contribution in [0, 0.1) is 11.6 Å². The molecule has 4 nitrogen and oxygen atoms in total. The fourth-order valence-corrected chi connectivity index (χ4v) is 3.41. The lowest BCUT2D eigenvalue weighted by Gasteiger charge is -2.38. The van der Waals surface area contributed by atoms with Crippen molar-refractivity contribution >= 4 is 5.96 Å². The predicted molar refractivity (Wildman–Crippen MR) is 103 cm³/mol. The maximum Gasteiger partial charge on any atom is 0.191 e. The normalized spacial score (nSPS) is 16.8. The van der Waals surface area contributed by atoms with Crippen molar-refractivity contribution in [3.8, 4) is 0 Å². The van der Waals surface area contributed by atoms with E-state index < -0.39 is 0 Å². The van der Waals surface area contributed by atoms with Crippen molar-refractivity contribution < 1.29 is 13.5 Å². The molecule has 2 N–H and O–H groups in total. The Morgan fingerprint density at radius 2 is 1.78 bits per heavy atom. The first-order valence-corrected chi connectivity index (χ1v) is 9.14. The zero-order chi connectivity index (χ0) is 19.1. The smallest absolute Gasteiger partial charge is 0.191 e. The molecule has 3 rings (SSSR count). The summed E-state index contributed by atoms with van der Waals surface area (Å²) in [6.45, 7) is 2.47. The van der Waals surface area contributed by atoms with Crippen LogP contribution in [0.3, 0.4) is 0 Å². The summed E-state index contributed by atoms with van der Waals surface area (Å²) in [6.07, 6.45) is 1.64. The average molecular weight is 373 g/mol. The molecule has 144 valence electrons. The van der Waals surface area contributed by atoms with Gasteiger partial charge < -0.3 is 15.4 Å². The third kappa shape index (κ3) is 5.04.